The highest BCUT2D eigenvalue weighted by Crippen LogP contribution is 2.25. The Hall–Kier alpha value is -3.31. The van der Waals surface area contributed by atoms with Gasteiger partial charge in [-0.15, -0.1) is 0 Å². The van der Waals surface area contributed by atoms with Crippen molar-refractivity contribution >= 4 is 5.97 Å². The number of aliphatic hydroxyl groups is 1. The second kappa shape index (κ2) is 15.6. The molecule has 5 heteroatoms. The van der Waals surface area contributed by atoms with Crippen molar-refractivity contribution in [1.82, 2.24) is 0 Å². The molecule has 3 aromatic carbocycles. The summed E-state index contributed by atoms with van der Waals surface area (Å²) in [7, 11) is 0. The Labute approximate surface area is 215 Å². The summed E-state index contributed by atoms with van der Waals surface area (Å²) in [4.78, 5) is 11.9. The zero-order valence-electron chi connectivity index (χ0n) is 21.3. The second-order valence-corrected chi connectivity index (χ2v) is 8.86. The van der Waals surface area contributed by atoms with Gasteiger partial charge < -0.3 is 19.3 Å². The minimum Gasteiger partial charge on any atom is -0.494 e. The molecule has 0 aromatic heterocycles. The molecule has 1 N–H and O–H groups in total. The van der Waals surface area contributed by atoms with Crippen LogP contribution in [0.25, 0.3) is 11.1 Å². The van der Waals surface area contributed by atoms with Gasteiger partial charge in [0, 0.05) is 13.0 Å². The Kier molecular flexibility index (Phi) is 11.8. The average Bonchev–Trinajstić information content (AvgIpc) is 2.92. The van der Waals surface area contributed by atoms with E-state index < -0.39 is 0 Å². The van der Waals surface area contributed by atoms with Crippen molar-refractivity contribution in [2.45, 2.75) is 58.5 Å². The predicted octanol–water partition coefficient (Wildman–Crippen LogP) is 7.21. The van der Waals surface area contributed by atoms with E-state index in [1.807, 2.05) is 48.5 Å². The largest absolute Gasteiger partial charge is 0.494 e. The lowest BCUT2D eigenvalue weighted by Gasteiger charge is -2.10. The molecule has 0 spiro atoms. The summed E-state index contributed by atoms with van der Waals surface area (Å²) >= 11 is 0. The lowest BCUT2D eigenvalue weighted by Crippen LogP contribution is -2.07. The fourth-order valence-corrected chi connectivity index (χ4v) is 3.78. The van der Waals surface area contributed by atoms with Crippen LogP contribution >= 0.6 is 0 Å². The molecular weight excluding hydrogens is 452 g/mol. The van der Waals surface area contributed by atoms with Gasteiger partial charge in [0.05, 0.1) is 18.8 Å². The van der Waals surface area contributed by atoms with Gasteiger partial charge >= 0.3 is 5.97 Å². The van der Waals surface area contributed by atoms with Gasteiger partial charge in [0.1, 0.15) is 18.1 Å². The molecule has 3 rings (SSSR count). The first-order chi connectivity index (χ1) is 17.7. The van der Waals surface area contributed by atoms with Crippen LogP contribution in [0.2, 0.25) is 0 Å². The maximum Gasteiger partial charge on any atom is 0.338 e. The summed E-state index contributed by atoms with van der Waals surface area (Å²) < 4.78 is 16.9. The van der Waals surface area contributed by atoms with E-state index in [4.69, 9.17) is 19.3 Å². The standard InChI is InChI=1S/C31H38O5/c1-2-3-4-5-6-7-22-34-29-17-13-26(14-18-29)27-15-19-30(20-16-27)36-24-25-9-11-28(12-10-25)31(33)35-23-8-21-32/h9-20,32H,2-8,21-24H2,1H3. The van der Waals surface area contributed by atoms with E-state index in [2.05, 4.69) is 19.1 Å². The average molecular weight is 491 g/mol. The van der Waals surface area contributed by atoms with E-state index in [1.165, 1.54) is 32.1 Å². The summed E-state index contributed by atoms with van der Waals surface area (Å²) in [6.07, 6.45) is 8.01. The Morgan fingerprint density at radius 1 is 0.667 bits per heavy atom. The molecule has 36 heavy (non-hydrogen) atoms. The van der Waals surface area contributed by atoms with Crippen LogP contribution in [-0.2, 0) is 11.3 Å². The minimum absolute atomic E-state index is 0.00509. The molecular formula is C31H38O5. The number of hydrogen-bond donors (Lipinski definition) is 1. The van der Waals surface area contributed by atoms with Crippen LogP contribution in [0.4, 0.5) is 0 Å². The molecule has 0 radical (unpaired) electrons. The summed E-state index contributed by atoms with van der Waals surface area (Å²) in [5.41, 5.74) is 3.70. The quantitative estimate of drug-likeness (QED) is 0.170. The van der Waals surface area contributed by atoms with Crippen molar-refractivity contribution in [1.29, 1.82) is 0 Å². The molecule has 0 saturated heterocycles. The Balaban J connectivity index is 1.41. The zero-order valence-corrected chi connectivity index (χ0v) is 21.3. The van der Waals surface area contributed by atoms with E-state index in [9.17, 15) is 4.79 Å². The molecule has 5 nitrogen and oxygen atoms in total. The lowest BCUT2D eigenvalue weighted by atomic mass is 10.1. The van der Waals surface area contributed by atoms with Gasteiger partial charge in [-0.25, -0.2) is 4.79 Å². The Bertz CT molecular complexity index is 1010. The van der Waals surface area contributed by atoms with Gasteiger partial charge in [-0.1, -0.05) is 75.4 Å². The summed E-state index contributed by atoms with van der Waals surface area (Å²) in [5, 5.41) is 8.77. The topological polar surface area (TPSA) is 65.0 Å². The number of hydrogen-bond acceptors (Lipinski definition) is 5. The molecule has 3 aromatic rings. The maximum atomic E-state index is 11.9. The second-order valence-electron chi connectivity index (χ2n) is 8.86. The van der Waals surface area contributed by atoms with Gasteiger partial charge in [0.2, 0.25) is 0 Å². The fraction of sp³-hybridized carbons (Fsp3) is 0.387. The van der Waals surface area contributed by atoms with Crippen LogP contribution in [0.5, 0.6) is 11.5 Å². The minimum atomic E-state index is -0.385. The molecule has 0 amide bonds. The molecule has 0 atom stereocenters. The van der Waals surface area contributed by atoms with Gasteiger partial charge in [0.25, 0.3) is 0 Å². The van der Waals surface area contributed by atoms with Gasteiger partial charge in [-0.05, 0) is 59.5 Å². The number of carbonyl (C=O) groups excluding carboxylic acids is 1. The third kappa shape index (κ3) is 9.38. The SMILES string of the molecule is CCCCCCCCOc1ccc(-c2ccc(OCc3ccc(C(=O)OCCCO)cc3)cc2)cc1. The van der Waals surface area contributed by atoms with Crippen molar-refractivity contribution in [2.24, 2.45) is 0 Å². The highest BCUT2D eigenvalue weighted by atomic mass is 16.5. The Morgan fingerprint density at radius 3 is 1.86 bits per heavy atom. The summed E-state index contributed by atoms with van der Waals surface area (Å²) in [5.74, 6) is 1.31. The molecule has 0 unspecified atom stereocenters. The van der Waals surface area contributed by atoms with E-state index >= 15 is 0 Å². The van der Waals surface area contributed by atoms with E-state index in [0.717, 1.165) is 41.2 Å². The highest BCUT2D eigenvalue weighted by molar-refractivity contribution is 5.89. The van der Waals surface area contributed by atoms with Gasteiger partial charge in [-0.2, -0.15) is 0 Å². The first-order valence-electron chi connectivity index (χ1n) is 13.0. The first kappa shape index (κ1) is 27.3. The lowest BCUT2D eigenvalue weighted by molar-refractivity contribution is 0.0482. The summed E-state index contributed by atoms with van der Waals surface area (Å²) in [6, 6.07) is 23.4. The van der Waals surface area contributed by atoms with Crippen LogP contribution in [0.1, 0.15) is 67.8 Å². The van der Waals surface area contributed by atoms with Gasteiger partial charge in [0.15, 0.2) is 0 Å². The molecule has 0 bridgehead atoms. The fourth-order valence-electron chi connectivity index (χ4n) is 3.78. The van der Waals surface area contributed by atoms with E-state index in [-0.39, 0.29) is 19.2 Å². The monoisotopic (exact) mass is 490 g/mol. The number of benzene rings is 3. The smallest absolute Gasteiger partial charge is 0.338 e. The summed E-state index contributed by atoms with van der Waals surface area (Å²) in [6.45, 7) is 3.64. The van der Waals surface area contributed by atoms with Crippen LogP contribution in [-0.4, -0.2) is 30.9 Å². The number of carbonyl (C=O) groups is 1. The van der Waals surface area contributed by atoms with Crippen LogP contribution in [0.3, 0.4) is 0 Å². The van der Waals surface area contributed by atoms with Crippen molar-refractivity contribution < 1.29 is 24.1 Å². The molecule has 0 aliphatic rings. The van der Waals surface area contributed by atoms with Crippen LogP contribution < -0.4 is 9.47 Å². The zero-order chi connectivity index (χ0) is 25.4. The number of esters is 1. The molecule has 0 saturated carbocycles. The van der Waals surface area contributed by atoms with Crippen molar-refractivity contribution in [3.63, 3.8) is 0 Å². The Morgan fingerprint density at radius 2 is 1.25 bits per heavy atom. The van der Waals surface area contributed by atoms with Crippen LogP contribution in [0, 0.1) is 0 Å². The third-order valence-electron chi connectivity index (χ3n) is 5.94. The molecule has 0 aliphatic heterocycles. The van der Waals surface area contributed by atoms with Crippen molar-refractivity contribution in [2.75, 3.05) is 19.8 Å². The first-order valence-corrected chi connectivity index (χ1v) is 13.0. The molecule has 192 valence electrons. The third-order valence-corrected chi connectivity index (χ3v) is 5.94. The highest BCUT2D eigenvalue weighted by Gasteiger charge is 2.07. The van der Waals surface area contributed by atoms with Crippen molar-refractivity contribution in [3.8, 4) is 22.6 Å². The van der Waals surface area contributed by atoms with E-state index in [0.29, 0.717) is 18.6 Å². The maximum absolute atomic E-state index is 11.9. The predicted molar refractivity (Wildman–Crippen MR) is 144 cm³/mol. The number of ether oxygens (including phenoxy) is 3. The van der Waals surface area contributed by atoms with Gasteiger partial charge in [-0.3, -0.25) is 0 Å². The normalized spacial score (nSPS) is 10.7. The number of aliphatic hydroxyl groups excluding tert-OH is 1. The molecule has 0 fully saturated rings. The number of rotatable bonds is 16. The van der Waals surface area contributed by atoms with Crippen LogP contribution in [0.15, 0.2) is 72.8 Å². The van der Waals surface area contributed by atoms with Crippen molar-refractivity contribution in [3.05, 3.63) is 83.9 Å². The molecule has 0 heterocycles. The number of unbranched alkanes of at least 4 members (excludes halogenated alkanes) is 5. The van der Waals surface area contributed by atoms with E-state index in [1.54, 1.807) is 12.1 Å². The molecule has 0 aliphatic carbocycles.